The van der Waals surface area contributed by atoms with E-state index >= 15 is 0 Å². The number of hydrogen-bond donors (Lipinski definition) is 3. The number of nitrogens with one attached hydrogen (secondary N) is 2. The van der Waals surface area contributed by atoms with Gasteiger partial charge in [0, 0.05) is 19.6 Å². The summed E-state index contributed by atoms with van der Waals surface area (Å²) in [7, 11) is -3.55. The Labute approximate surface area is 151 Å². The normalized spacial score (nSPS) is 11.7. The van der Waals surface area contributed by atoms with Crippen molar-refractivity contribution < 1.29 is 13.2 Å². The highest BCUT2D eigenvalue weighted by Gasteiger charge is 2.32. The Hall–Kier alpha value is -1.15. The van der Waals surface area contributed by atoms with E-state index in [1.807, 2.05) is 20.8 Å². The van der Waals surface area contributed by atoms with Gasteiger partial charge in [0.15, 0.2) is 0 Å². The second-order valence-corrected chi connectivity index (χ2v) is 7.43. The predicted molar refractivity (Wildman–Crippen MR) is 98.7 cm³/mol. The number of amides is 1. The first-order valence-electron chi connectivity index (χ1n) is 7.86. The van der Waals surface area contributed by atoms with Gasteiger partial charge in [0.05, 0.1) is 10.3 Å². The molecule has 0 spiro atoms. The van der Waals surface area contributed by atoms with Gasteiger partial charge in [-0.25, -0.2) is 13.1 Å². The standard InChI is InChI=1S/C16H27N3O3S.ClH/c1-4-16(5-2,12-17)15(20)18-10-11-19-23(21,22)14-8-6-13(3)7-9-14;/h6-9,19H,4-5,10-12,17H2,1-3H3,(H,18,20);1H. The molecule has 24 heavy (non-hydrogen) atoms. The van der Waals surface area contributed by atoms with Crippen LogP contribution in [0, 0.1) is 12.3 Å². The van der Waals surface area contributed by atoms with Crippen LogP contribution in [0.25, 0.3) is 0 Å². The van der Waals surface area contributed by atoms with Crippen LogP contribution in [0.2, 0.25) is 0 Å². The lowest BCUT2D eigenvalue weighted by atomic mass is 9.81. The van der Waals surface area contributed by atoms with E-state index < -0.39 is 15.4 Å². The SMILES string of the molecule is CCC(CC)(CN)C(=O)NCCNS(=O)(=O)c1ccc(C)cc1.Cl. The number of rotatable bonds is 9. The number of hydrogen-bond acceptors (Lipinski definition) is 4. The van der Waals surface area contributed by atoms with Gasteiger partial charge in [0.25, 0.3) is 0 Å². The highest BCUT2D eigenvalue weighted by atomic mass is 35.5. The van der Waals surface area contributed by atoms with Crippen LogP contribution in [0.1, 0.15) is 32.3 Å². The molecule has 1 amide bonds. The Morgan fingerprint density at radius 3 is 2.12 bits per heavy atom. The molecule has 1 rings (SSSR count). The topological polar surface area (TPSA) is 101 Å². The molecule has 0 aliphatic rings. The molecule has 0 aromatic heterocycles. The summed E-state index contributed by atoms with van der Waals surface area (Å²) >= 11 is 0. The van der Waals surface area contributed by atoms with E-state index in [2.05, 4.69) is 10.0 Å². The number of halogens is 1. The lowest BCUT2D eigenvalue weighted by Gasteiger charge is -2.28. The van der Waals surface area contributed by atoms with Crippen molar-refractivity contribution in [1.82, 2.24) is 10.0 Å². The molecule has 1 aromatic carbocycles. The Morgan fingerprint density at radius 2 is 1.67 bits per heavy atom. The van der Waals surface area contributed by atoms with E-state index in [9.17, 15) is 13.2 Å². The van der Waals surface area contributed by atoms with Crippen LogP contribution < -0.4 is 15.8 Å². The number of benzene rings is 1. The maximum Gasteiger partial charge on any atom is 0.240 e. The van der Waals surface area contributed by atoms with Gasteiger partial charge in [-0.2, -0.15) is 0 Å². The van der Waals surface area contributed by atoms with Crippen LogP contribution in [0.15, 0.2) is 29.2 Å². The Balaban J connectivity index is 0.00000529. The monoisotopic (exact) mass is 377 g/mol. The summed E-state index contributed by atoms with van der Waals surface area (Å²) in [5.74, 6) is -0.125. The van der Waals surface area contributed by atoms with Gasteiger partial charge in [-0.1, -0.05) is 31.5 Å². The van der Waals surface area contributed by atoms with Crippen molar-refractivity contribution in [3.05, 3.63) is 29.8 Å². The first-order chi connectivity index (χ1) is 10.8. The van der Waals surface area contributed by atoms with Crippen molar-refractivity contribution in [2.45, 2.75) is 38.5 Å². The fraction of sp³-hybridized carbons (Fsp3) is 0.562. The zero-order valence-electron chi connectivity index (χ0n) is 14.5. The highest BCUT2D eigenvalue weighted by molar-refractivity contribution is 7.89. The van der Waals surface area contributed by atoms with Gasteiger partial charge in [0.2, 0.25) is 15.9 Å². The van der Waals surface area contributed by atoms with E-state index in [0.29, 0.717) is 12.8 Å². The smallest absolute Gasteiger partial charge is 0.240 e. The zero-order chi connectivity index (χ0) is 17.5. The van der Waals surface area contributed by atoms with Gasteiger partial charge >= 0.3 is 0 Å². The largest absolute Gasteiger partial charge is 0.354 e. The summed E-state index contributed by atoms with van der Waals surface area (Å²) in [5.41, 5.74) is 6.14. The summed E-state index contributed by atoms with van der Waals surface area (Å²) in [6.07, 6.45) is 1.31. The third kappa shape index (κ3) is 5.73. The van der Waals surface area contributed by atoms with Crippen molar-refractivity contribution in [2.75, 3.05) is 19.6 Å². The molecule has 0 heterocycles. The third-order valence-electron chi connectivity index (χ3n) is 4.26. The van der Waals surface area contributed by atoms with Crippen molar-refractivity contribution in [3.8, 4) is 0 Å². The molecule has 0 saturated heterocycles. The van der Waals surface area contributed by atoms with Crippen LogP contribution in [-0.2, 0) is 14.8 Å². The predicted octanol–water partition coefficient (Wildman–Crippen LogP) is 1.58. The molecule has 138 valence electrons. The molecule has 0 atom stereocenters. The van der Waals surface area contributed by atoms with Crippen molar-refractivity contribution in [2.24, 2.45) is 11.1 Å². The van der Waals surface area contributed by atoms with Gasteiger partial charge in [0.1, 0.15) is 0 Å². The molecule has 8 heteroatoms. The van der Waals surface area contributed by atoms with E-state index in [0.717, 1.165) is 5.56 Å². The lowest BCUT2D eigenvalue weighted by molar-refractivity contribution is -0.130. The fourth-order valence-corrected chi connectivity index (χ4v) is 3.33. The molecule has 0 aliphatic heterocycles. The lowest BCUT2D eigenvalue weighted by Crippen LogP contribution is -2.47. The quantitative estimate of drug-likeness (QED) is 0.568. The molecule has 0 bridgehead atoms. The summed E-state index contributed by atoms with van der Waals surface area (Å²) in [5, 5.41) is 2.76. The number of nitrogens with two attached hydrogens (primary N) is 1. The van der Waals surface area contributed by atoms with E-state index in [1.165, 1.54) is 0 Å². The Kier molecular flexibility index (Phi) is 9.50. The summed E-state index contributed by atoms with van der Waals surface area (Å²) in [6.45, 7) is 6.39. The van der Waals surface area contributed by atoms with Crippen molar-refractivity contribution in [3.63, 3.8) is 0 Å². The minimum atomic E-state index is -3.55. The minimum Gasteiger partial charge on any atom is -0.354 e. The molecule has 6 nitrogen and oxygen atoms in total. The van der Waals surface area contributed by atoms with Gasteiger partial charge in [-0.15, -0.1) is 12.4 Å². The molecule has 0 unspecified atom stereocenters. The van der Waals surface area contributed by atoms with Crippen LogP contribution in [0.4, 0.5) is 0 Å². The van der Waals surface area contributed by atoms with E-state index in [-0.39, 0.29) is 42.8 Å². The first-order valence-corrected chi connectivity index (χ1v) is 9.34. The van der Waals surface area contributed by atoms with E-state index in [4.69, 9.17) is 5.73 Å². The van der Waals surface area contributed by atoms with Gasteiger partial charge in [-0.05, 0) is 31.9 Å². The molecular formula is C16H28ClN3O3S. The zero-order valence-corrected chi connectivity index (χ0v) is 16.1. The Morgan fingerprint density at radius 1 is 1.12 bits per heavy atom. The molecule has 1 aromatic rings. The van der Waals surface area contributed by atoms with Crippen LogP contribution in [0.5, 0.6) is 0 Å². The average molecular weight is 378 g/mol. The van der Waals surface area contributed by atoms with E-state index in [1.54, 1.807) is 24.3 Å². The molecule has 0 saturated carbocycles. The number of carbonyl (C=O) groups is 1. The second-order valence-electron chi connectivity index (χ2n) is 5.66. The van der Waals surface area contributed by atoms with Gasteiger partial charge < -0.3 is 11.1 Å². The number of carbonyl (C=O) groups excluding carboxylic acids is 1. The molecule has 0 radical (unpaired) electrons. The fourth-order valence-electron chi connectivity index (χ4n) is 2.30. The molecule has 4 N–H and O–H groups in total. The second kappa shape index (κ2) is 9.98. The maximum atomic E-state index is 12.2. The highest BCUT2D eigenvalue weighted by Crippen LogP contribution is 2.24. The Bertz CT molecular complexity index is 606. The third-order valence-corrected chi connectivity index (χ3v) is 5.74. The minimum absolute atomic E-state index is 0. The maximum absolute atomic E-state index is 12.2. The van der Waals surface area contributed by atoms with Crippen LogP contribution >= 0.6 is 12.4 Å². The summed E-state index contributed by atoms with van der Waals surface area (Å²) in [6, 6.07) is 6.61. The van der Waals surface area contributed by atoms with Crippen molar-refractivity contribution in [1.29, 1.82) is 0 Å². The average Bonchev–Trinajstić information content (AvgIpc) is 2.54. The van der Waals surface area contributed by atoms with Crippen LogP contribution in [-0.4, -0.2) is 34.0 Å². The number of sulfonamides is 1. The molecule has 0 aliphatic carbocycles. The van der Waals surface area contributed by atoms with Gasteiger partial charge in [-0.3, -0.25) is 4.79 Å². The van der Waals surface area contributed by atoms with Crippen molar-refractivity contribution >= 4 is 28.3 Å². The van der Waals surface area contributed by atoms with Crippen LogP contribution in [0.3, 0.4) is 0 Å². The number of aryl methyl sites for hydroxylation is 1. The molecular weight excluding hydrogens is 350 g/mol. The molecule has 0 fully saturated rings. The first kappa shape index (κ1) is 22.9. The summed E-state index contributed by atoms with van der Waals surface area (Å²) in [4.78, 5) is 12.4. The summed E-state index contributed by atoms with van der Waals surface area (Å²) < 4.78 is 26.7.